The second-order valence-electron chi connectivity index (χ2n) is 7.88. The molecule has 0 saturated heterocycles. The molecule has 1 atom stereocenters. The third kappa shape index (κ3) is 5.62. The van der Waals surface area contributed by atoms with Crippen molar-refractivity contribution in [2.24, 2.45) is 0 Å². The minimum Gasteiger partial charge on any atom is -0.375 e. The van der Waals surface area contributed by atoms with E-state index in [2.05, 4.69) is 43.4 Å². The van der Waals surface area contributed by atoms with Gasteiger partial charge in [-0.2, -0.15) is 0 Å². The molecule has 1 fully saturated rings. The van der Waals surface area contributed by atoms with Crippen LogP contribution in [0.2, 0.25) is 0 Å². The molecule has 27 heavy (non-hydrogen) atoms. The Bertz CT molecular complexity index is 730. The van der Waals surface area contributed by atoms with Gasteiger partial charge < -0.3 is 5.32 Å². The Kier molecular flexibility index (Phi) is 7.01. The van der Waals surface area contributed by atoms with Crippen LogP contribution in [0.5, 0.6) is 0 Å². The summed E-state index contributed by atoms with van der Waals surface area (Å²) in [5, 5.41) is 3.91. The van der Waals surface area contributed by atoms with Gasteiger partial charge in [-0.25, -0.2) is 0 Å². The highest BCUT2D eigenvalue weighted by Gasteiger charge is 2.17. The van der Waals surface area contributed by atoms with Crippen LogP contribution in [0.25, 0.3) is 0 Å². The number of anilines is 1. The molecule has 1 unspecified atom stereocenters. The van der Waals surface area contributed by atoms with Crippen molar-refractivity contribution in [2.45, 2.75) is 75.0 Å². The van der Waals surface area contributed by atoms with Crippen LogP contribution in [-0.2, 0) is 0 Å². The van der Waals surface area contributed by atoms with E-state index in [0.29, 0.717) is 11.2 Å². The molecule has 0 aliphatic heterocycles. The lowest BCUT2D eigenvalue weighted by atomic mass is 9.84. The maximum Gasteiger partial charge on any atom is 0.184 e. The average Bonchev–Trinajstić information content (AvgIpc) is 2.69. The lowest BCUT2D eigenvalue weighted by Crippen LogP contribution is -2.26. The van der Waals surface area contributed by atoms with E-state index >= 15 is 0 Å². The summed E-state index contributed by atoms with van der Waals surface area (Å²) in [5.41, 5.74) is 3.22. The number of thioether (sulfide) groups is 1. The molecule has 0 amide bonds. The maximum absolute atomic E-state index is 12.7. The van der Waals surface area contributed by atoms with Crippen LogP contribution < -0.4 is 5.32 Å². The zero-order chi connectivity index (χ0) is 19.2. The first kappa shape index (κ1) is 20.0. The minimum atomic E-state index is -0.242. The van der Waals surface area contributed by atoms with Crippen molar-refractivity contribution >= 4 is 23.2 Å². The van der Waals surface area contributed by atoms with Gasteiger partial charge in [0.2, 0.25) is 0 Å². The first-order valence-corrected chi connectivity index (χ1v) is 11.1. The van der Waals surface area contributed by atoms with E-state index in [1.54, 1.807) is 0 Å². The van der Waals surface area contributed by atoms with E-state index in [1.807, 2.05) is 43.0 Å². The molecule has 144 valence electrons. The van der Waals surface area contributed by atoms with Crippen LogP contribution in [0, 0.1) is 0 Å². The van der Waals surface area contributed by atoms with Crippen LogP contribution in [0.4, 0.5) is 5.69 Å². The number of ketones is 1. The number of benzene rings is 2. The van der Waals surface area contributed by atoms with Gasteiger partial charge in [0.05, 0.1) is 6.04 Å². The number of carbonyl (C=O) groups excluding carboxylic acids is 1. The van der Waals surface area contributed by atoms with Gasteiger partial charge in [-0.05, 0) is 55.5 Å². The quantitative estimate of drug-likeness (QED) is 0.417. The monoisotopic (exact) mass is 381 g/mol. The topological polar surface area (TPSA) is 29.1 Å². The Morgan fingerprint density at radius 2 is 1.56 bits per heavy atom. The summed E-state index contributed by atoms with van der Waals surface area (Å²) < 4.78 is 0. The number of rotatable bonds is 7. The summed E-state index contributed by atoms with van der Waals surface area (Å²) >= 11 is 1.82. The minimum absolute atomic E-state index is 0.132. The molecule has 3 heteroatoms. The van der Waals surface area contributed by atoms with E-state index in [-0.39, 0.29) is 11.8 Å². The van der Waals surface area contributed by atoms with Crippen LogP contribution >= 0.6 is 11.8 Å². The van der Waals surface area contributed by atoms with Crippen molar-refractivity contribution in [3.8, 4) is 0 Å². The third-order valence-electron chi connectivity index (χ3n) is 5.27. The molecule has 1 N–H and O–H groups in total. The number of carbonyl (C=O) groups is 1. The second kappa shape index (κ2) is 9.45. The Labute approximate surface area is 168 Å². The summed E-state index contributed by atoms with van der Waals surface area (Å²) in [5.74, 6) is 0.849. The van der Waals surface area contributed by atoms with Gasteiger partial charge in [0, 0.05) is 21.4 Å². The summed E-state index contributed by atoms with van der Waals surface area (Å²) in [6, 6.07) is 16.4. The SMILES string of the molecule is CC(C)Sc1ccc(C(=O)C(C)Nc2ccc(C3CCCCC3)cc2)cc1. The lowest BCUT2D eigenvalue weighted by Gasteiger charge is -2.22. The third-order valence-corrected chi connectivity index (χ3v) is 6.29. The van der Waals surface area contributed by atoms with Crippen molar-refractivity contribution in [3.63, 3.8) is 0 Å². The fourth-order valence-electron chi connectivity index (χ4n) is 3.82. The van der Waals surface area contributed by atoms with E-state index in [0.717, 1.165) is 11.3 Å². The van der Waals surface area contributed by atoms with Gasteiger partial charge >= 0.3 is 0 Å². The van der Waals surface area contributed by atoms with Crippen LogP contribution in [0.3, 0.4) is 0 Å². The summed E-state index contributed by atoms with van der Waals surface area (Å²) in [7, 11) is 0. The standard InChI is InChI=1S/C24H31NOS/c1-17(2)27-23-15-11-21(12-16-23)24(26)18(3)25-22-13-9-20(10-14-22)19-7-5-4-6-8-19/h9-19,25H,4-8H2,1-3H3. The number of hydrogen-bond donors (Lipinski definition) is 1. The van der Waals surface area contributed by atoms with Crippen molar-refractivity contribution in [1.82, 2.24) is 0 Å². The summed E-state index contributed by atoms with van der Waals surface area (Å²) in [4.78, 5) is 13.9. The maximum atomic E-state index is 12.7. The summed E-state index contributed by atoms with van der Waals surface area (Å²) in [6.07, 6.45) is 6.71. The first-order valence-electron chi connectivity index (χ1n) is 10.2. The first-order chi connectivity index (χ1) is 13.0. The fraction of sp³-hybridized carbons (Fsp3) is 0.458. The van der Waals surface area contributed by atoms with Gasteiger partial charge in [0.25, 0.3) is 0 Å². The van der Waals surface area contributed by atoms with E-state index < -0.39 is 0 Å². The summed E-state index contributed by atoms with van der Waals surface area (Å²) in [6.45, 7) is 6.29. The second-order valence-corrected chi connectivity index (χ2v) is 9.53. The van der Waals surface area contributed by atoms with Crippen LogP contribution in [0.1, 0.15) is 74.7 Å². The number of Topliss-reactive ketones (excluding diaryl/α,β-unsaturated/α-hetero) is 1. The highest BCUT2D eigenvalue weighted by atomic mass is 32.2. The van der Waals surface area contributed by atoms with Crippen molar-refractivity contribution in [2.75, 3.05) is 5.32 Å². The number of nitrogens with one attached hydrogen (secondary N) is 1. The predicted molar refractivity (Wildman–Crippen MR) is 117 cm³/mol. The highest BCUT2D eigenvalue weighted by Crippen LogP contribution is 2.33. The zero-order valence-electron chi connectivity index (χ0n) is 16.7. The Morgan fingerprint density at radius 3 is 2.15 bits per heavy atom. The van der Waals surface area contributed by atoms with E-state index in [9.17, 15) is 4.79 Å². The van der Waals surface area contributed by atoms with E-state index in [4.69, 9.17) is 0 Å². The van der Waals surface area contributed by atoms with E-state index in [1.165, 1.54) is 42.6 Å². The molecule has 0 aromatic heterocycles. The van der Waals surface area contributed by atoms with Crippen molar-refractivity contribution < 1.29 is 4.79 Å². The fourth-order valence-corrected chi connectivity index (χ4v) is 4.66. The molecule has 0 radical (unpaired) electrons. The molecule has 1 aliphatic carbocycles. The molecular weight excluding hydrogens is 350 g/mol. The molecule has 1 aliphatic rings. The van der Waals surface area contributed by atoms with Crippen LogP contribution in [0.15, 0.2) is 53.4 Å². The highest BCUT2D eigenvalue weighted by molar-refractivity contribution is 7.99. The Balaban J connectivity index is 1.59. The molecule has 3 rings (SSSR count). The molecular formula is C24H31NOS. The Hall–Kier alpha value is -1.74. The average molecular weight is 382 g/mol. The van der Waals surface area contributed by atoms with Crippen molar-refractivity contribution in [1.29, 1.82) is 0 Å². The largest absolute Gasteiger partial charge is 0.375 e. The number of hydrogen-bond acceptors (Lipinski definition) is 3. The van der Waals surface area contributed by atoms with Gasteiger partial charge in [-0.15, -0.1) is 11.8 Å². The van der Waals surface area contributed by atoms with Gasteiger partial charge in [-0.1, -0.05) is 57.4 Å². The normalized spacial score (nSPS) is 16.3. The predicted octanol–water partition coefficient (Wildman–Crippen LogP) is 6.92. The van der Waals surface area contributed by atoms with Crippen LogP contribution in [-0.4, -0.2) is 17.1 Å². The molecule has 2 nitrogen and oxygen atoms in total. The molecule has 0 spiro atoms. The van der Waals surface area contributed by atoms with Gasteiger partial charge in [-0.3, -0.25) is 4.79 Å². The zero-order valence-corrected chi connectivity index (χ0v) is 17.5. The molecule has 0 heterocycles. The molecule has 2 aromatic carbocycles. The molecule has 2 aromatic rings. The lowest BCUT2D eigenvalue weighted by molar-refractivity contribution is 0.0975. The molecule has 0 bridgehead atoms. The smallest absolute Gasteiger partial charge is 0.184 e. The Morgan fingerprint density at radius 1 is 0.926 bits per heavy atom. The van der Waals surface area contributed by atoms with Crippen molar-refractivity contribution in [3.05, 3.63) is 59.7 Å². The molecule has 1 saturated carbocycles. The van der Waals surface area contributed by atoms with Gasteiger partial charge in [0.1, 0.15) is 0 Å². The van der Waals surface area contributed by atoms with Gasteiger partial charge in [0.15, 0.2) is 5.78 Å².